The van der Waals surface area contributed by atoms with Crippen LogP contribution >= 0.6 is 0 Å². The van der Waals surface area contributed by atoms with Gasteiger partial charge in [-0.1, -0.05) is 0 Å². The second kappa shape index (κ2) is 5.19. The summed E-state index contributed by atoms with van der Waals surface area (Å²) in [6, 6.07) is 3.48. The van der Waals surface area contributed by atoms with Crippen LogP contribution in [0.5, 0.6) is 0 Å². The van der Waals surface area contributed by atoms with Gasteiger partial charge in [0.2, 0.25) is 0 Å². The first kappa shape index (κ1) is 11.3. The number of amides is 1. The lowest BCUT2D eigenvalue weighted by atomic mass is 10.3. The molecule has 0 aliphatic rings. The third kappa shape index (κ3) is 3.84. The molecular weight excluding hydrogens is 198 g/mol. The fourth-order valence-corrected chi connectivity index (χ4v) is 1.03. The second-order valence-corrected chi connectivity index (χ2v) is 3.05. The van der Waals surface area contributed by atoms with Gasteiger partial charge in [0.1, 0.15) is 5.76 Å². The molecule has 1 aromatic heterocycles. The Kier molecular flexibility index (Phi) is 3.91. The Hall–Kier alpha value is -1.78. The van der Waals surface area contributed by atoms with Crippen LogP contribution in [0.4, 0.5) is 0 Å². The van der Waals surface area contributed by atoms with Crippen molar-refractivity contribution in [3.63, 3.8) is 0 Å². The number of esters is 1. The zero-order valence-electron chi connectivity index (χ0n) is 8.65. The summed E-state index contributed by atoms with van der Waals surface area (Å²) >= 11 is 0. The minimum atomic E-state index is -0.780. The predicted octanol–water partition coefficient (Wildman–Crippen LogP) is 0.847. The average molecular weight is 211 g/mol. The predicted molar refractivity (Wildman–Crippen MR) is 51.8 cm³/mol. The molecule has 1 heterocycles. The highest BCUT2D eigenvalue weighted by Crippen LogP contribution is 1.99. The van der Waals surface area contributed by atoms with Crippen molar-refractivity contribution in [2.24, 2.45) is 0 Å². The van der Waals surface area contributed by atoms with Crippen molar-refractivity contribution < 1.29 is 18.7 Å². The van der Waals surface area contributed by atoms with Crippen LogP contribution in [0.2, 0.25) is 0 Å². The molecule has 5 nitrogen and oxygen atoms in total. The van der Waals surface area contributed by atoms with Crippen LogP contribution in [0.3, 0.4) is 0 Å². The van der Waals surface area contributed by atoms with Crippen LogP contribution in [0.1, 0.15) is 19.6 Å². The molecule has 0 fully saturated rings. The van der Waals surface area contributed by atoms with Gasteiger partial charge in [-0.25, -0.2) is 0 Å². The molecule has 0 saturated carbocycles. The van der Waals surface area contributed by atoms with E-state index in [0.717, 1.165) is 0 Å². The van der Waals surface area contributed by atoms with Gasteiger partial charge in [-0.2, -0.15) is 0 Å². The summed E-state index contributed by atoms with van der Waals surface area (Å²) in [5.74, 6) is -0.171. The molecule has 0 spiro atoms. The number of nitrogens with one attached hydrogen (secondary N) is 1. The van der Waals surface area contributed by atoms with Crippen molar-refractivity contribution in [1.29, 1.82) is 0 Å². The highest BCUT2D eigenvalue weighted by atomic mass is 16.5. The van der Waals surface area contributed by atoms with Crippen molar-refractivity contribution in [2.45, 2.75) is 26.5 Å². The number of carbonyl (C=O) groups is 2. The van der Waals surface area contributed by atoms with Gasteiger partial charge in [0.25, 0.3) is 5.91 Å². The summed E-state index contributed by atoms with van der Waals surface area (Å²) in [6.45, 7) is 3.06. The van der Waals surface area contributed by atoms with Crippen molar-refractivity contribution >= 4 is 11.9 Å². The molecule has 1 N–H and O–H groups in total. The first-order chi connectivity index (χ1) is 7.09. The third-order valence-corrected chi connectivity index (χ3v) is 1.73. The highest BCUT2D eigenvalue weighted by Gasteiger charge is 2.15. The molecule has 0 saturated heterocycles. The number of hydrogen-bond donors (Lipinski definition) is 1. The molecule has 5 heteroatoms. The minimum Gasteiger partial charge on any atom is -0.467 e. The zero-order valence-corrected chi connectivity index (χ0v) is 8.65. The summed E-state index contributed by atoms with van der Waals surface area (Å²) in [6.07, 6.45) is 0.745. The topological polar surface area (TPSA) is 68.5 Å². The van der Waals surface area contributed by atoms with E-state index in [9.17, 15) is 9.59 Å². The van der Waals surface area contributed by atoms with E-state index in [1.165, 1.54) is 20.1 Å². The maximum Gasteiger partial charge on any atom is 0.303 e. The van der Waals surface area contributed by atoms with E-state index < -0.39 is 12.1 Å². The fourth-order valence-electron chi connectivity index (χ4n) is 1.03. The minimum absolute atomic E-state index is 0.289. The van der Waals surface area contributed by atoms with Crippen LogP contribution in [0, 0.1) is 0 Å². The molecule has 1 atom stereocenters. The van der Waals surface area contributed by atoms with Crippen LogP contribution in [-0.4, -0.2) is 18.0 Å². The number of furan rings is 1. The van der Waals surface area contributed by atoms with Crippen LogP contribution in [-0.2, 0) is 20.9 Å². The largest absolute Gasteiger partial charge is 0.467 e. The molecule has 1 rings (SSSR count). The van der Waals surface area contributed by atoms with Crippen LogP contribution in [0.25, 0.3) is 0 Å². The summed E-state index contributed by atoms with van der Waals surface area (Å²) in [4.78, 5) is 21.9. The molecule has 1 amide bonds. The summed E-state index contributed by atoms with van der Waals surface area (Å²) < 4.78 is 9.72. The Balaban J connectivity index is 2.32. The van der Waals surface area contributed by atoms with E-state index >= 15 is 0 Å². The van der Waals surface area contributed by atoms with Crippen molar-refractivity contribution in [2.75, 3.05) is 0 Å². The van der Waals surface area contributed by atoms with Crippen LogP contribution in [0.15, 0.2) is 22.8 Å². The normalized spacial score (nSPS) is 11.9. The Morgan fingerprint density at radius 3 is 2.87 bits per heavy atom. The van der Waals surface area contributed by atoms with Gasteiger partial charge >= 0.3 is 5.97 Å². The van der Waals surface area contributed by atoms with Crippen LogP contribution < -0.4 is 5.32 Å². The Morgan fingerprint density at radius 1 is 1.60 bits per heavy atom. The maximum absolute atomic E-state index is 11.3. The lowest BCUT2D eigenvalue weighted by molar-refractivity contribution is -0.152. The Labute approximate surface area is 87.4 Å². The first-order valence-electron chi connectivity index (χ1n) is 4.57. The van der Waals surface area contributed by atoms with Gasteiger partial charge in [0.15, 0.2) is 6.10 Å². The molecule has 0 aliphatic heterocycles. The molecule has 1 unspecified atom stereocenters. The van der Waals surface area contributed by atoms with Crippen molar-refractivity contribution in [3.05, 3.63) is 24.2 Å². The molecule has 82 valence electrons. The monoisotopic (exact) mass is 211 g/mol. The van der Waals surface area contributed by atoms with Gasteiger partial charge < -0.3 is 14.5 Å². The molecule has 0 bridgehead atoms. The third-order valence-electron chi connectivity index (χ3n) is 1.73. The number of ether oxygens (including phenoxy) is 1. The molecule has 1 aromatic rings. The molecule has 0 aromatic carbocycles. The Morgan fingerprint density at radius 2 is 2.33 bits per heavy atom. The lowest BCUT2D eigenvalue weighted by Gasteiger charge is -2.10. The highest BCUT2D eigenvalue weighted by molar-refractivity contribution is 5.82. The maximum atomic E-state index is 11.3. The summed E-state index contributed by atoms with van der Waals surface area (Å²) in [7, 11) is 0. The van der Waals surface area contributed by atoms with Gasteiger partial charge in [-0.05, 0) is 19.1 Å². The SMILES string of the molecule is CC(=O)OC(C)C(=O)NCc1ccco1. The lowest BCUT2D eigenvalue weighted by Crippen LogP contribution is -2.34. The smallest absolute Gasteiger partial charge is 0.303 e. The zero-order chi connectivity index (χ0) is 11.3. The van der Waals surface area contributed by atoms with E-state index in [-0.39, 0.29) is 12.5 Å². The fraction of sp³-hybridized carbons (Fsp3) is 0.400. The van der Waals surface area contributed by atoms with Crippen molar-refractivity contribution in [1.82, 2.24) is 5.32 Å². The number of hydrogen-bond acceptors (Lipinski definition) is 4. The molecule has 0 aliphatic carbocycles. The van der Waals surface area contributed by atoms with Gasteiger partial charge in [0, 0.05) is 6.92 Å². The standard InChI is InChI=1S/C10H13NO4/c1-7(15-8(2)12)10(13)11-6-9-4-3-5-14-9/h3-5,7H,6H2,1-2H3,(H,11,13). The van der Waals surface area contributed by atoms with Gasteiger partial charge in [0.05, 0.1) is 12.8 Å². The number of carbonyl (C=O) groups excluding carboxylic acids is 2. The molecular formula is C10H13NO4. The van der Waals surface area contributed by atoms with Gasteiger partial charge in [-0.3, -0.25) is 9.59 Å². The van der Waals surface area contributed by atoms with E-state index in [0.29, 0.717) is 5.76 Å². The van der Waals surface area contributed by atoms with E-state index in [4.69, 9.17) is 9.15 Å². The van der Waals surface area contributed by atoms with E-state index in [2.05, 4.69) is 5.32 Å². The first-order valence-corrected chi connectivity index (χ1v) is 4.57. The van der Waals surface area contributed by atoms with E-state index in [1.54, 1.807) is 12.1 Å². The quantitative estimate of drug-likeness (QED) is 0.749. The van der Waals surface area contributed by atoms with E-state index in [1.807, 2.05) is 0 Å². The average Bonchev–Trinajstić information content (AvgIpc) is 2.65. The second-order valence-electron chi connectivity index (χ2n) is 3.05. The Bertz CT molecular complexity index is 331. The molecule has 15 heavy (non-hydrogen) atoms. The molecule has 0 radical (unpaired) electrons. The number of rotatable bonds is 4. The van der Waals surface area contributed by atoms with Crippen molar-refractivity contribution in [3.8, 4) is 0 Å². The summed E-state index contributed by atoms with van der Waals surface area (Å²) in [5.41, 5.74) is 0. The summed E-state index contributed by atoms with van der Waals surface area (Å²) in [5, 5.41) is 2.58. The van der Waals surface area contributed by atoms with Gasteiger partial charge in [-0.15, -0.1) is 0 Å².